The van der Waals surface area contributed by atoms with Gasteiger partial charge < -0.3 is 33.8 Å². The summed E-state index contributed by atoms with van der Waals surface area (Å²) in [5, 5.41) is 10.5. The van der Waals surface area contributed by atoms with Crippen LogP contribution in [0.25, 0.3) is 0 Å². The van der Waals surface area contributed by atoms with E-state index in [1.54, 1.807) is 0 Å². The zero-order valence-corrected chi connectivity index (χ0v) is 56.9. The van der Waals surface area contributed by atoms with Crippen LogP contribution in [0, 0.1) is 17.8 Å². The minimum Gasteiger partial charge on any atom is -0.462 e. The van der Waals surface area contributed by atoms with Crippen LogP contribution in [0.5, 0.6) is 0 Å². The van der Waals surface area contributed by atoms with Gasteiger partial charge in [-0.15, -0.1) is 0 Å². The van der Waals surface area contributed by atoms with Crippen LogP contribution in [0.1, 0.15) is 325 Å². The monoisotopic (exact) mass is 1250 g/mol. The van der Waals surface area contributed by atoms with Crippen molar-refractivity contribution in [3.05, 3.63) is 0 Å². The largest absolute Gasteiger partial charge is 0.472 e. The third-order valence-corrected chi connectivity index (χ3v) is 17.4. The Morgan fingerprint density at radius 1 is 0.341 bits per heavy atom. The molecule has 17 nitrogen and oxygen atoms in total. The molecule has 0 aromatic rings. The van der Waals surface area contributed by atoms with E-state index in [9.17, 15) is 43.2 Å². The molecule has 0 aliphatic heterocycles. The zero-order chi connectivity index (χ0) is 63.1. The van der Waals surface area contributed by atoms with Crippen LogP contribution in [-0.2, 0) is 65.4 Å². The predicted octanol–water partition coefficient (Wildman–Crippen LogP) is 18.3. The highest BCUT2D eigenvalue weighted by Gasteiger charge is 2.30. The molecule has 0 rings (SSSR count). The van der Waals surface area contributed by atoms with Crippen molar-refractivity contribution in [3.8, 4) is 0 Å². The lowest BCUT2D eigenvalue weighted by molar-refractivity contribution is -0.161. The van der Waals surface area contributed by atoms with E-state index in [1.165, 1.54) is 116 Å². The molecule has 0 radical (unpaired) electrons. The number of rotatable bonds is 64. The fraction of sp³-hybridized carbons (Fsp3) is 0.939. The van der Waals surface area contributed by atoms with Gasteiger partial charge in [0, 0.05) is 25.7 Å². The van der Waals surface area contributed by atoms with Crippen LogP contribution >= 0.6 is 15.6 Å². The smallest absolute Gasteiger partial charge is 0.462 e. The van der Waals surface area contributed by atoms with Gasteiger partial charge in [0.1, 0.15) is 19.3 Å². The number of phosphoric acid groups is 2. The highest BCUT2D eigenvalue weighted by Crippen LogP contribution is 2.45. The first kappa shape index (κ1) is 83.1. The summed E-state index contributed by atoms with van der Waals surface area (Å²) in [4.78, 5) is 72.1. The maximum atomic E-state index is 13.0. The van der Waals surface area contributed by atoms with E-state index in [1.807, 2.05) is 0 Å². The Bertz CT molecular complexity index is 1680. The molecule has 0 saturated carbocycles. The summed E-state index contributed by atoms with van der Waals surface area (Å²) in [5.74, 6) is 0.0672. The van der Waals surface area contributed by atoms with Crippen molar-refractivity contribution in [1.82, 2.24) is 0 Å². The number of aliphatic hydroxyl groups is 1. The Labute approximate surface area is 517 Å². The minimum absolute atomic E-state index is 0.101. The molecule has 0 aliphatic rings. The van der Waals surface area contributed by atoms with E-state index in [0.717, 1.165) is 121 Å². The van der Waals surface area contributed by atoms with Crippen molar-refractivity contribution < 1.29 is 80.2 Å². The fourth-order valence-corrected chi connectivity index (χ4v) is 11.4. The molecule has 0 aliphatic carbocycles. The van der Waals surface area contributed by atoms with Crippen molar-refractivity contribution in [2.24, 2.45) is 17.8 Å². The van der Waals surface area contributed by atoms with E-state index < -0.39 is 97.5 Å². The van der Waals surface area contributed by atoms with E-state index in [0.29, 0.717) is 31.6 Å². The number of ether oxygens (including phenoxy) is 4. The first-order valence-electron chi connectivity index (χ1n) is 34.4. The lowest BCUT2D eigenvalue weighted by Crippen LogP contribution is -2.30. The van der Waals surface area contributed by atoms with Crippen LogP contribution in [0.4, 0.5) is 0 Å². The Morgan fingerprint density at radius 2 is 0.600 bits per heavy atom. The van der Waals surface area contributed by atoms with Gasteiger partial charge in [-0.25, -0.2) is 9.13 Å². The van der Waals surface area contributed by atoms with Gasteiger partial charge in [-0.05, 0) is 43.4 Å². The Hall–Kier alpha value is -1.94. The maximum Gasteiger partial charge on any atom is 0.472 e. The van der Waals surface area contributed by atoms with Gasteiger partial charge in [-0.3, -0.25) is 37.3 Å². The number of aliphatic hydroxyl groups excluding tert-OH is 1. The SMILES string of the molecule is CCCCCCCCCC(=O)OC[C@H](COP(=O)(O)OC[C@H](O)COP(=O)(O)OC[C@@H](COC(=O)CCCCCCCCC(C)CC)OC(=O)CCCCCCCCCCCCCCCCCCC(C)C)OC(=O)CCCCCCCCC(C)C. The van der Waals surface area contributed by atoms with E-state index in [-0.39, 0.29) is 25.7 Å². The van der Waals surface area contributed by atoms with Crippen LogP contribution in [0.3, 0.4) is 0 Å². The van der Waals surface area contributed by atoms with Gasteiger partial charge in [0.25, 0.3) is 0 Å². The number of esters is 4. The van der Waals surface area contributed by atoms with Crippen LogP contribution in [0.2, 0.25) is 0 Å². The molecule has 0 amide bonds. The number of hydrogen-bond acceptors (Lipinski definition) is 15. The molecule has 0 heterocycles. The molecule has 0 fully saturated rings. The van der Waals surface area contributed by atoms with Crippen LogP contribution < -0.4 is 0 Å². The van der Waals surface area contributed by atoms with E-state index in [4.69, 9.17) is 37.0 Å². The number of phosphoric ester groups is 2. The average molecular weight is 1260 g/mol. The topological polar surface area (TPSA) is 237 Å². The van der Waals surface area contributed by atoms with E-state index in [2.05, 4.69) is 48.5 Å². The molecule has 3 unspecified atom stereocenters. The van der Waals surface area contributed by atoms with Crippen molar-refractivity contribution in [1.29, 1.82) is 0 Å². The second-order valence-corrected chi connectivity index (χ2v) is 28.0. The molecular weight excluding hydrogens is 1130 g/mol. The third-order valence-electron chi connectivity index (χ3n) is 15.5. The summed E-state index contributed by atoms with van der Waals surface area (Å²) in [6.45, 7) is 11.7. The van der Waals surface area contributed by atoms with Crippen molar-refractivity contribution in [3.63, 3.8) is 0 Å². The molecule has 0 aromatic carbocycles. The molecule has 504 valence electrons. The highest BCUT2D eigenvalue weighted by molar-refractivity contribution is 7.47. The quantitative estimate of drug-likeness (QED) is 0.0222. The van der Waals surface area contributed by atoms with Gasteiger partial charge >= 0.3 is 39.5 Å². The number of carbonyl (C=O) groups is 4. The van der Waals surface area contributed by atoms with Crippen LogP contribution in [0.15, 0.2) is 0 Å². The Morgan fingerprint density at radius 3 is 0.894 bits per heavy atom. The molecular formula is C66H128O17P2. The van der Waals surface area contributed by atoms with E-state index >= 15 is 0 Å². The molecule has 19 heteroatoms. The number of hydrogen-bond donors (Lipinski definition) is 3. The summed E-state index contributed by atoms with van der Waals surface area (Å²) < 4.78 is 67.9. The third kappa shape index (κ3) is 59.5. The van der Waals surface area contributed by atoms with Gasteiger partial charge in [-0.2, -0.15) is 0 Å². The standard InChI is InChI=1S/C66H128O17P2/c1-8-10-11-12-23-33-40-47-63(68)76-53-62(83-66(71)50-43-36-28-26-31-38-45-58(5)6)56-81-85(74,75)79-52-60(67)51-78-84(72,73)80-55-61(54-77-64(69)48-41-34-29-27-32-39-46-59(7)9-2)82-65(70)49-42-35-25-22-20-18-16-14-13-15-17-19-21-24-30-37-44-57(3)4/h57-62,67H,8-56H2,1-7H3,(H,72,73)(H,74,75)/t59?,60-,61-,62-/m1/s1. The molecule has 3 N–H and O–H groups in total. The second kappa shape index (κ2) is 57.2. The zero-order valence-electron chi connectivity index (χ0n) is 55.1. The van der Waals surface area contributed by atoms with Crippen molar-refractivity contribution in [2.75, 3.05) is 39.6 Å². The first-order chi connectivity index (χ1) is 40.8. The average Bonchev–Trinajstić information content (AvgIpc) is 3.57. The summed E-state index contributed by atoms with van der Waals surface area (Å²) >= 11 is 0. The fourth-order valence-electron chi connectivity index (χ4n) is 9.80. The molecule has 0 bridgehead atoms. The minimum atomic E-state index is -4.95. The Balaban J connectivity index is 5.15. The molecule has 0 saturated heterocycles. The summed E-state index contributed by atoms with van der Waals surface area (Å²) in [5.41, 5.74) is 0. The van der Waals surface area contributed by atoms with Gasteiger partial charge in [0.15, 0.2) is 12.2 Å². The summed E-state index contributed by atoms with van der Waals surface area (Å²) in [6.07, 6.45) is 39.4. The van der Waals surface area contributed by atoms with Crippen molar-refractivity contribution >= 4 is 39.5 Å². The van der Waals surface area contributed by atoms with Gasteiger partial charge in [0.05, 0.1) is 26.4 Å². The number of unbranched alkanes of at least 4 members (excludes halogenated alkanes) is 31. The molecule has 0 aromatic heterocycles. The lowest BCUT2D eigenvalue weighted by atomic mass is 10.00. The van der Waals surface area contributed by atoms with Crippen molar-refractivity contribution in [2.45, 2.75) is 343 Å². The second-order valence-electron chi connectivity index (χ2n) is 25.1. The molecule has 6 atom stereocenters. The summed E-state index contributed by atoms with van der Waals surface area (Å²) in [7, 11) is -9.89. The first-order valence-corrected chi connectivity index (χ1v) is 37.4. The highest BCUT2D eigenvalue weighted by atomic mass is 31.2. The molecule has 85 heavy (non-hydrogen) atoms. The lowest BCUT2D eigenvalue weighted by Gasteiger charge is -2.21. The number of carbonyl (C=O) groups excluding carboxylic acids is 4. The summed E-state index contributed by atoms with van der Waals surface area (Å²) in [6, 6.07) is 0. The van der Waals surface area contributed by atoms with Crippen LogP contribution in [-0.4, -0.2) is 96.7 Å². The Kier molecular flexibility index (Phi) is 55.9. The molecule has 0 spiro atoms. The normalized spacial score (nSPS) is 14.6. The predicted molar refractivity (Wildman–Crippen MR) is 340 cm³/mol. The van der Waals surface area contributed by atoms with Gasteiger partial charge in [-0.1, -0.05) is 273 Å². The maximum absolute atomic E-state index is 13.0. The van der Waals surface area contributed by atoms with Gasteiger partial charge in [0.2, 0.25) is 0 Å².